The molecule has 0 aliphatic carbocycles. The second kappa shape index (κ2) is 6.45. The molecule has 1 heterocycles. The summed E-state index contributed by atoms with van der Waals surface area (Å²) in [5, 5.41) is 14.6. The first-order valence-corrected chi connectivity index (χ1v) is 7.14. The third-order valence-electron chi connectivity index (χ3n) is 3.24. The summed E-state index contributed by atoms with van der Waals surface area (Å²) >= 11 is 6.21. The zero-order valence-electron chi connectivity index (χ0n) is 12.2. The fourth-order valence-corrected chi connectivity index (χ4v) is 2.32. The van der Waals surface area contributed by atoms with E-state index in [0.717, 1.165) is 11.4 Å². The third-order valence-corrected chi connectivity index (χ3v) is 3.73. The fraction of sp³-hybridized carbons (Fsp3) is 0.400. The normalized spacial score (nSPS) is 12.5. The Kier molecular flexibility index (Phi) is 4.85. The lowest BCUT2D eigenvalue weighted by molar-refractivity contribution is 0.189. The number of aryl methyl sites for hydroxylation is 2. The summed E-state index contributed by atoms with van der Waals surface area (Å²) in [4.78, 5) is 0. The molecule has 0 spiro atoms. The molecule has 0 bridgehead atoms. The minimum Gasteiger partial charge on any atom is -0.487 e. The Labute approximate surface area is 128 Å². The number of aliphatic hydroxyl groups excluding tert-OH is 1. The van der Waals surface area contributed by atoms with Gasteiger partial charge in [0, 0.05) is 18.2 Å². The Balaban J connectivity index is 2.26. The first-order valence-electron chi connectivity index (χ1n) is 6.76. The molecule has 0 radical (unpaired) electrons. The molecule has 1 aromatic carbocycles. The van der Waals surface area contributed by atoms with E-state index in [1.54, 1.807) is 11.6 Å². The highest BCUT2D eigenvalue weighted by atomic mass is 35.5. The smallest absolute Gasteiger partial charge is 0.131 e. The predicted molar refractivity (Wildman–Crippen MR) is 79.0 cm³/mol. The molecule has 2 rings (SSSR count). The first-order chi connectivity index (χ1) is 9.93. The van der Waals surface area contributed by atoms with Crippen molar-refractivity contribution in [2.75, 3.05) is 0 Å². The van der Waals surface area contributed by atoms with Crippen molar-refractivity contribution in [2.45, 2.75) is 40.0 Å². The molecule has 1 N–H and O–H groups in total. The lowest BCUT2D eigenvalue weighted by Gasteiger charge is -2.14. The van der Waals surface area contributed by atoms with Crippen LogP contribution in [-0.2, 0) is 13.2 Å². The molecule has 0 saturated heterocycles. The highest BCUT2D eigenvalue weighted by molar-refractivity contribution is 6.31. The molecule has 0 aliphatic rings. The van der Waals surface area contributed by atoms with E-state index in [1.807, 2.05) is 13.8 Å². The number of hydrogen-bond donors (Lipinski definition) is 1. The number of aromatic nitrogens is 2. The van der Waals surface area contributed by atoms with E-state index in [4.69, 9.17) is 16.3 Å². The molecule has 4 nitrogen and oxygen atoms in total. The Hall–Kier alpha value is -1.59. The Morgan fingerprint density at radius 3 is 2.81 bits per heavy atom. The largest absolute Gasteiger partial charge is 0.487 e. The lowest BCUT2D eigenvalue weighted by Crippen LogP contribution is -2.08. The second-order valence-corrected chi connectivity index (χ2v) is 5.19. The third kappa shape index (κ3) is 3.36. The van der Waals surface area contributed by atoms with Crippen LogP contribution < -0.4 is 4.74 Å². The van der Waals surface area contributed by atoms with Crippen LogP contribution in [0, 0.1) is 12.7 Å². The maximum absolute atomic E-state index is 13.4. The predicted octanol–water partition coefficient (Wildman–Crippen LogP) is 3.64. The van der Waals surface area contributed by atoms with E-state index < -0.39 is 11.9 Å². The van der Waals surface area contributed by atoms with E-state index >= 15 is 0 Å². The first kappa shape index (κ1) is 15.8. The molecule has 114 valence electrons. The van der Waals surface area contributed by atoms with Crippen molar-refractivity contribution in [3.8, 4) is 5.75 Å². The average molecular weight is 313 g/mol. The van der Waals surface area contributed by atoms with E-state index in [1.165, 1.54) is 18.2 Å². The zero-order valence-corrected chi connectivity index (χ0v) is 13.0. The minimum absolute atomic E-state index is 0.163. The van der Waals surface area contributed by atoms with Crippen molar-refractivity contribution < 1.29 is 14.2 Å². The highest BCUT2D eigenvalue weighted by Gasteiger charge is 2.15. The van der Waals surface area contributed by atoms with Gasteiger partial charge in [0.2, 0.25) is 0 Å². The van der Waals surface area contributed by atoms with Crippen molar-refractivity contribution in [3.63, 3.8) is 0 Å². The van der Waals surface area contributed by atoms with E-state index in [-0.39, 0.29) is 6.61 Å². The number of benzene rings is 1. The monoisotopic (exact) mass is 312 g/mol. The van der Waals surface area contributed by atoms with Crippen LogP contribution in [0.2, 0.25) is 5.02 Å². The molecule has 6 heteroatoms. The molecule has 0 unspecified atom stereocenters. The van der Waals surface area contributed by atoms with Gasteiger partial charge in [0.1, 0.15) is 18.2 Å². The summed E-state index contributed by atoms with van der Waals surface area (Å²) in [5.41, 5.74) is 2.00. The van der Waals surface area contributed by atoms with E-state index in [2.05, 4.69) is 5.10 Å². The maximum Gasteiger partial charge on any atom is 0.131 e. The van der Waals surface area contributed by atoms with Crippen LogP contribution in [0.5, 0.6) is 5.75 Å². The van der Waals surface area contributed by atoms with Gasteiger partial charge in [-0.1, -0.05) is 11.6 Å². The molecule has 1 atom stereocenters. The quantitative estimate of drug-likeness (QED) is 0.917. The molecule has 2 aromatic rings. The summed E-state index contributed by atoms with van der Waals surface area (Å²) in [5.74, 6) is -0.108. The van der Waals surface area contributed by atoms with Crippen LogP contribution in [0.15, 0.2) is 18.2 Å². The Morgan fingerprint density at radius 2 is 2.19 bits per heavy atom. The number of rotatable bonds is 5. The topological polar surface area (TPSA) is 47.3 Å². The molecule has 1 aromatic heterocycles. The van der Waals surface area contributed by atoms with Gasteiger partial charge in [0.15, 0.2) is 0 Å². The number of halogens is 2. The van der Waals surface area contributed by atoms with Crippen LogP contribution in [-0.4, -0.2) is 14.9 Å². The van der Waals surface area contributed by atoms with E-state index in [0.29, 0.717) is 22.9 Å². The Morgan fingerprint density at radius 1 is 1.48 bits per heavy atom. The van der Waals surface area contributed by atoms with Gasteiger partial charge >= 0.3 is 0 Å². The van der Waals surface area contributed by atoms with Crippen molar-refractivity contribution >= 4 is 11.6 Å². The van der Waals surface area contributed by atoms with E-state index in [9.17, 15) is 9.50 Å². The van der Waals surface area contributed by atoms with Crippen LogP contribution in [0.25, 0.3) is 0 Å². The highest BCUT2D eigenvalue weighted by Crippen LogP contribution is 2.28. The molecule has 21 heavy (non-hydrogen) atoms. The zero-order chi connectivity index (χ0) is 15.6. The van der Waals surface area contributed by atoms with Gasteiger partial charge < -0.3 is 9.84 Å². The van der Waals surface area contributed by atoms with Gasteiger partial charge in [0.25, 0.3) is 0 Å². The molecule has 0 aliphatic heterocycles. The van der Waals surface area contributed by atoms with Crippen LogP contribution in [0.4, 0.5) is 4.39 Å². The van der Waals surface area contributed by atoms with Gasteiger partial charge in [0.05, 0.1) is 22.5 Å². The van der Waals surface area contributed by atoms with Crippen molar-refractivity contribution in [2.24, 2.45) is 0 Å². The molecular weight excluding hydrogens is 295 g/mol. The number of aliphatic hydroxyl groups is 1. The molecule has 0 amide bonds. The van der Waals surface area contributed by atoms with Gasteiger partial charge in [-0.15, -0.1) is 0 Å². The summed E-state index contributed by atoms with van der Waals surface area (Å²) in [6.07, 6.45) is -0.742. The van der Waals surface area contributed by atoms with Gasteiger partial charge in [-0.05, 0) is 32.9 Å². The van der Waals surface area contributed by atoms with Crippen molar-refractivity contribution in [1.29, 1.82) is 0 Å². The second-order valence-electron chi connectivity index (χ2n) is 4.81. The van der Waals surface area contributed by atoms with Crippen LogP contribution >= 0.6 is 11.6 Å². The van der Waals surface area contributed by atoms with Crippen LogP contribution in [0.3, 0.4) is 0 Å². The fourth-order valence-electron chi connectivity index (χ4n) is 2.13. The van der Waals surface area contributed by atoms with Gasteiger partial charge in [-0.2, -0.15) is 5.10 Å². The number of ether oxygens (including phenoxy) is 1. The lowest BCUT2D eigenvalue weighted by atomic mass is 10.1. The molecular formula is C15H18ClFN2O2. The SMILES string of the molecule is CCn1nc(C)c(Cl)c1COc1cc(F)ccc1[C@H](C)O. The average Bonchev–Trinajstić information content (AvgIpc) is 2.71. The number of hydrogen-bond acceptors (Lipinski definition) is 3. The maximum atomic E-state index is 13.4. The molecule has 0 fully saturated rings. The minimum atomic E-state index is -0.742. The van der Waals surface area contributed by atoms with Gasteiger partial charge in [-0.3, -0.25) is 4.68 Å². The van der Waals surface area contributed by atoms with Crippen LogP contribution in [0.1, 0.15) is 36.9 Å². The summed E-state index contributed by atoms with van der Waals surface area (Å²) in [6, 6.07) is 4.07. The molecule has 0 saturated carbocycles. The van der Waals surface area contributed by atoms with Crippen molar-refractivity contribution in [3.05, 3.63) is 46.0 Å². The number of nitrogens with zero attached hydrogens (tertiary/aromatic N) is 2. The Bertz CT molecular complexity index is 641. The van der Waals surface area contributed by atoms with Crippen molar-refractivity contribution in [1.82, 2.24) is 9.78 Å². The summed E-state index contributed by atoms with van der Waals surface area (Å²) < 4.78 is 20.8. The summed E-state index contributed by atoms with van der Waals surface area (Å²) in [6.45, 7) is 6.21. The standard InChI is InChI=1S/C15H18ClFN2O2/c1-4-19-13(15(16)9(2)18-19)8-21-14-7-11(17)5-6-12(14)10(3)20/h5-7,10,20H,4,8H2,1-3H3/t10-/m0/s1. The summed E-state index contributed by atoms with van der Waals surface area (Å²) in [7, 11) is 0. The van der Waals surface area contributed by atoms with Gasteiger partial charge in [-0.25, -0.2) is 4.39 Å².